The molecule has 0 saturated heterocycles. The Morgan fingerprint density at radius 1 is 1.14 bits per heavy atom. The van der Waals surface area contributed by atoms with Gasteiger partial charge in [-0.05, 0) is 36.4 Å². The second-order valence-corrected chi connectivity index (χ2v) is 7.34. The van der Waals surface area contributed by atoms with Crippen molar-refractivity contribution in [1.82, 2.24) is 16.0 Å². The Balaban J connectivity index is 1.72. The number of guanidine groups is 1. The molecule has 2 rings (SSSR count). The fraction of sp³-hybridized carbons (Fsp3) is 0.429. The first kappa shape index (κ1) is 22.7. The van der Waals surface area contributed by atoms with E-state index in [-0.39, 0.29) is 5.91 Å². The largest absolute Gasteiger partial charge is 0.491 e. The number of benzene rings is 1. The van der Waals surface area contributed by atoms with Crippen LogP contribution >= 0.6 is 11.3 Å². The normalized spacial score (nSPS) is 11.2. The van der Waals surface area contributed by atoms with Gasteiger partial charge in [0.1, 0.15) is 12.4 Å². The van der Waals surface area contributed by atoms with Crippen LogP contribution in [0.25, 0.3) is 0 Å². The summed E-state index contributed by atoms with van der Waals surface area (Å²) in [5.41, 5.74) is 2.20. The molecule has 0 aliphatic carbocycles. The third-order valence-electron chi connectivity index (χ3n) is 4.11. The molecule has 1 aromatic carbocycles. The molecule has 0 bridgehead atoms. The Labute approximate surface area is 176 Å². The number of carbonyl (C=O) groups is 1. The summed E-state index contributed by atoms with van der Waals surface area (Å²) in [6, 6.07) is 9.84. The van der Waals surface area contributed by atoms with Crippen LogP contribution in [0.15, 0.2) is 40.7 Å². The van der Waals surface area contributed by atoms with Gasteiger partial charge in [0.15, 0.2) is 5.96 Å². The van der Waals surface area contributed by atoms with E-state index in [1.54, 1.807) is 14.2 Å². The molecule has 0 radical (unpaired) electrons. The summed E-state index contributed by atoms with van der Waals surface area (Å²) in [4.78, 5) is 16.9. The van der Waals surface area contributed by atoms with Gasteiger partial charge in [-0.25, -0.2) is 0 Å². The molecule has 7 nitrogen and oxygen atoms in total. The molecule has 8 heteroatoms. The summed E-state index contributed by atoms with van der Waals surface area (Å²) in [6.07, 6.45) is 0.799. The molecule has 0 aliphatic heterocycles. The fourth-order valence-corrected chi connectivity index (χ4v) is 3.21. The molecule has 3 N–H and O–H groups in total. The van der Waals surface area contributed by atoms with Crippen LogP contribution in [0, 0.1) is 6.92 Å². The average molecular weight is 419 g/mol. The summed E-state index contributed by atoms with van der Waals surface area (Å²) in [5.74, 6) is 1.53. The van der Waals surface area contributed by atoms with E-state index >= 15 is 0 Å². The molecule has 0 aliphatic rings. The molecule has 158 valence electrons. The van der Waals surface area contributed by atoms with Crippen molar-refractivity contribution in [3.63, 3.8) is 0 Å². The number of amides is 1. The van der Waals surface area contributed by atoms with Gasteiger partial charge >= 0.3 is 0 Å². The van der Waals surface area contributed by atoms with Crippen molar-refractivity contribution in [2.24, 2.45) is 4.99 Å². The van der Waals surface area contributed by atoms with Crippen molar-refractivity contribution >= 4 is 23.2 Å². The minimum atomic E-state index is -0.0251. The smallest absolute Gasteiger partial charge is 0.261 e. The first-order chi connectivity index (χ1) is 14.1. The number of thiophene rings is 1. The molecule has 0 fully saturated rings. The number of nitrogens with one attached hydrogen (secondary N) is 3. The van der Waals surface area contributed by atoms with Crippen molar-refractivity contribution in [2.45, 2.75) is 19.9 Å². The number of ether oxygens (including phenoxy) is 2. The summed E-state index contributed by atoms with van der Waals surface area (Å²) in [5, 5.41) is 11.4. The number of methoxy groups -OCH3 is 1. The lowest BCUT2D eigenvalue weighted by molar-refractivity contribution is 0.0957. The van der Waals surface area contributed by atoms with Crippen molar-refractivity contribution < 1.29 is 14.3 Å². The van der Waals surface area contributed by atoms with E-state index in [0.717, 1.165) is 28.2 Å². The molecule has 0 atom stereocenters. The molecular formula is C21H30N4O3S. The van der Waals surface area contributed by atoms with Crippen molar-refractivity contribution in [2.75, 3.05) is 40.5 Å². The third-order valence-corrected chi connectivity index (χ3v) is 4.98. The average Bonchev–Trinajstić information content (AvgIpc) is 3.26. The highest BCUT2D eigenvalue weighted by molar-refractivity contribution is 7.12. The lowest BCUT2D eigenvalue weighted by Crippen LogP contribution is -2.38. The van der Waals surface area contributed by atoms with E-state index in [1.165, 1.54) is 11.3 Å². The van der Waals surface area contributed by atoms with E-state index in [1.807, 2.05) is 30.5 Å². The lowest BCUT2D eigenvalue weighted by Gasteiger charge is -2.15. The Hall–Kier alpha value is -2.58. The number of nitrogens with zero attached hydrogens (tertiary/aromatic N) is 1. The van der Waals surface area contributed by atoms with Crippen LogP contribution < -0.4 is 20.7 Å². The predicted octanol–water partition coefficient (Wildman–Crippen LogP) is 2.57. The van der Waals surface area contributed by atoms with Gasteiger partial charge in [-0.2, -0.15) is 0 Å². The summed E-state index contributed by atoms with van der Waals surface area (Å²) in [6.45, 7) is 5.01. The fourth-order valence-electron chi connectivity index (χ4n) is 2.57. The maximum absolute atomic E-state index is 11.9. The number of hydrogen-bond donors (Lipinski definition) is 3. The van der Waals surface area contributed by atoms with E-state index in [4.69, 9.17) is 9.47 Å². The van der Waals surface area contributed by atoms with E-state index in [9.17, 15) is 4.79 Å². The molecule has 29 heavy (non-hydrogen) atoms. The maximum Gasteiger partial charge on any atom is 0.261 e. The third kappa shape index (κ3) is 8.13. The van der Waals surface area contributed by atoms with Gasteiger partial charge in [-0.3, -0.25) is 9.79 Å². The monoisotopic (exact) mass is 418 g/mol. The predicted molar refractivity (Wildman–Crippen MR) is 118 cm³/mol. The van der Waals surface area contributed by atoms with Crippen LogP contribution in [-0.4, -0.2) is 52.3 Å². The van der Waals surface area contributed by atoms with Crippen LogP contribution in [0.1, 0.15) is 27.2 Å². The highest BCUT2D eigenvalue weighted by atomic mass is 32.1. The highest BCUT2D eigenvalue weighted by Crippen LogP contribution is 2.20. The zero-order valence-electron chi connectivity index (χ0n) is 17.3. The van der Waals surface area contributed by atoms with Gasteiger partial charge < -0.3 is 25.4 Å². The Morgan fingerprint density at radius 2 is 1.97 bits per heavy atom. The van der Waals surface area contributed by atoms with Crippen LogP contribution in [0.2, 0.25) is 0 Å². The molecular weight excluding hydrogens is 388 g/mol. The first-order valence-electron chi connectivity index (χ1n) is 9.61. The maximum atomic E-state index is 11.9. The zero-order valence-corrected chi connectivity index (χ0v) is 18.1. The van der Waals surface area contributed by atoms with Crippen molar-refractivity contribution in [1.29, 1.82) is 0 Å². The lowest BCUT2D eigenvalue weighted by atomic mass is 10.1. The number of aryl methyl sites for hydroxylation is 1. The minimum absolute atomic E-state index is 0.0251. The Kier molecular flexibility index (Phi) is 10.0. The van der Waals surface area contributed by atoms with Gasteiger partial charge in [0.25, 0.3) is 5.91 Å². The van der Waals surface area contributed by atoms with Gasteiger partial charge in [0, 0.05) is 39.4 Å². The first-order valence-corrected chi connectivity index (χ1v) is 10.5. The zero-order chi connectivity index (χ0) is 20.9. The quantitative estimate of drug-likeness (QED) is 0.297. The molecule has 0 saturated carbocycles. The summed E-state index contributed by atoms with van der Waals surface area (Å²) >= 11 is 1.44. The van der Waals surface area contributed by atoms with Crippen LogP contribution in [0.3, 0.4) is 0 Å². The molecule has 0 spiro atoms. The van der Waals surface area contributed by atoms with Gasteiger partial charge in [0.2, 0.25) is 0 Å². The molecule has 0 unspecified atom stereocenters. The number of carbonyl (C=O) groups excluding carboxylic acids is 1. The van der Waals surface area contributed by atoms with Gasteiger partial charge in [-0.1, -0.05) is 18.2 Å². The molecule has 1 heterocycles. The van der Waals surface area contributed by atoms with E-state index < -0.39 is 0 Å². The topological polar surface area (TPSA) is 84.0 Å². The Bertz CT molecular complexity index is 778. The van der Waals surface area contributed by atoms with E-state index in [0.29, 0.717) is 38.8 Å². The number of aliphatic imine (C=N–C) groups is 1. The minimum Gasteiger partial charge on any atom is -0.491 e. The number of rotatable bonds is 11. The van der Waals surface area contributed by atoms with Crippen LogP contribution in [-0.2, 0) is 11.3 Å². The SMILES string of the molecule is CN=C(NCCCNC(=O)c1cccs1)NCc1ccc(C)cc1OCCOC. The van der Waals surface area contributed by atoms with Crippen molar-refractivity contribution in [3.8, 4) is 5.75 Å². The van der Waals surface area contributed by atoms with Gasteiger partial charge in [0.05, 0.1) is 11.5 Å². The van der Waals surface area contributed by atoms with Crippen LogP contribution in [0.5, 0.6) is 5.75 Å². The second-order valence-electron chi connectivity index (χ2n) is 6.39. The standard InChI is InChI=1S/C21H30N4O3S/c1-16-7-8-17(18(14-16)28-12-11-27-3)15-25-21(22-2)24-10-5-9-23-20(26)19-6-4-13-29-19/h4,6-8,13-14H,5,9-12,15H2,1-3H3,(H,23,26)(H2,22,24,25). The summed E-state index contributed by atoms with van der Waals surface area (Å²) in [7, 11) is 3.39. The molecule has 1 amide bonds. The number of hydrogen-bond acceptors (Lipinski definition) is 5. The summed E-state index contributed by atoms with van der Waals surface area (Å²) < 4.78 is 10.9. The highest BCUT2D eigenvalue weighted by Gasteiger charge is 2.07. The van der Waals surface area contributed by atoms with Crippen LogP contribution in [0.4, 0.5) is 0 Å². The van der Waals surface area contributed by atoms with E-state index in [2.05, 4.69) is 33.1 Å². The second kappa shape index (κ2) is 12.8. The molecule has 1 aromatic heterocycles. The van der Waals surface area contributed by atoms with Crippen molar-refractivity contribution in [3.05, 3.63) is 51.7 Å². The Morgan fingerprint density at radius 3 is 2.69 bits per heavy atom. The molecule has 2 aromatic rings. The van der Waals surface area contributed by atoms with Gasteiger partial charge in [-0.15, -0.1) is 11.3 Å².